The number of hydrogen-bond donors (Lipinski definition) is 1. The molecular weight excluding hydrogens is 255 g/mol. The second kappa shape index (κ2) is 5.30. The quantitative estimate of drug-likeness (QED) is 0.505. The number of hydrogen-bond acceptors (Lipinski definition) is 6. The summed E-state index contributed by atoms with van der Waals surface area (Å²) in [6.45, 7) is 0. The van der Waals surface area contributed by atoms with Crippen molar-refractivity contribution in [2.45, 2.75) is 0 Å². The van der Waals surface area contributed by atoms with Crippen molar-refractivity contribution in [2.24, 2.45) is 5.10 Å². The Kier molecular flexibility index (Phi) is 3.56. The van der Waals surface area contributed by atoms with Gasteiger partial charge in [-0.1, -0.05) is 6.07 Å². The molecule has 0 saturated heterocycles. The first-order valence-electron chi connectivity index (χ1n) is 5.22. The number of benzene rings is 1. The Balaban J connectivity index is 2.25. The normalized spacial score (nSPS) is 16.4. The number of cyclic esters (lactones) is 2. The van der Waals surface area contributed by atoms with Crippen molar-refractivity contribution in [1.82, 2.24) is 0 Å². The minimum atomic E-state index is -0.907. The molecular formula is C12H9FN2O4. The molecule has 1 heterocycles. The number of carbonyl (C=O) groups excluding carboxylic acids is 2. The van der Waals surface area contributed by atoms with Gasteiger partial charge in [-0.25, -0.2) is 14.0 Å². The van der Waals surface area contributed by atoms with E-state index in [0.29, 0.717) is 0 Å². The van der Waals surface area contributed by atoms with E-state index in [0.717, 1.165) is 6.08 Å². The number of ether oxygens (including phenoxy) is 2. The average Bonchev–Trinajstić information content (AvgIpc) is 2.39. The molecule has 1 aliphatic heterocycles. The molecule has 0 spiro atoms. The second-order valence-corrected chi connectivity index (χ2v) is 3.47. The Morgan fingerprint density at radius 3 is 2.79 bits per heavy atom. The number of methoxy groups -OCH3 is 1. The highest BCUT2D eigenvalue weighted by molar-refractivity contribution is 6.44. The summed E-state index contributed by atoms with van der Waals surface area (Å²) in [5.41, 5.74) is 2.21. The number of esters is 2. The standard InChI is InChI=1S/C12H9FN2O4/c1-18-9-4-2-3-7(13)11(9)15-14-8-5-6-10(16)19-12(8)17/h2-6,15H,1H3. The van der Waals surface area contributed by atoms with Gasteiger partial charge in [-0.2, -0.15) is 5.10 Å². The molecule has 0 unspecified atom stereocenters. The first-order chi connectivity index (χ1) is 9.11. The topological polar surface area (TPSA) is 77.0 Å². The fourth-order valence-corrected chi connectivity index (χ4v) is 1.37. The molecule has 1 aromatic carbocycles. The highest BCUT2D eigenvalue weighted by atomic mass is 19.1. The largest absolute Gasteiger partial charge is 0.494 e. The molecule has 7 heteroatoms. The second-order valence-electron chi connectivity index (χ2n) is 3.47. The Morgan fingerprint density at radius 1 is 1.32 bits per heavy atom. The molecule has 0 fully saturated rings. The van der Waals surface area contributed by atoms with Crippen LogP contribution in [-0.2, 0) is 14.3 Å². The Bertz CT molecular complexity index is 595. The van der Waals surface area contributed by atoms with E-state index in [1.54, 1.807) is 0 Å². The lowest BCUT2D eigenvalue weighted by atomic mass is 10.3. The van der Waals surface area contributed by atoms with Crippen LogP contribution in [0.4, 0.5) is 10.1 Å². The Labute approximate surface area is 107 Å². The third-order valence-electron chi connectivity index (χ3n) is 2.26. The van der Waals surface area contributed by atoms with Gasteiger partial charge >= 0.3 is 11.9 Å². The van der Waals surface area contributed by atoms with Crippen molar-refractivity contribution >= 4 is 23.3 Å². The van der Waals surface area contributed by atoms with Crippen LogP contribution < -0.4 is 10.2 Å². The maximum absolute atomic E-state index is 13.6. The van der Waals surface area contributed by atoms with Crippen molar-refractivity contribution in [1.29, 1.82) is 0 Å². The van der Waals surface area contributed by atoms with E-state index in [2.05, 4.69) is 15.3 Å². The monoisotopic (exact) mass is 264 g/mol. The SMILES string of the molecule is COc1cccc(F)c1NN=C1C=CC(=O)OC1=O. The van der Waals surface area contributed by atoms with Gasteiger partial charge in [0, 0.05) is 6.08 Å². The summed E-state index contributed by atoms with van der Waals surface area (Å²) in [6, 6.07) is 4.22. The number of nitrogens with one attached hydrogen (secondary N) is 1. The lowest BCUT2D eigenvalue weighted by Crippen LogP contribution is -2.24. The molecule has 0 bridgehead atoms. The van der Waals surface area contributed by atoms with Crippen LogP contribution in [0.5, 0.6) is 5.75 Å². The number of hydrazone groups is 1. The summed E-state index contributed by atoms with van der Waals surface area (Å²) in [7, 11) is 1.38. The predicted molar refractivity (Wildman–Crippen MR) is 64.2 cm³/mol. The highest BCUT2D eigenvalue weighted by Crippen LogP contribution is 2.26. The zero-order valence-corrected chi connectivity index (χ0v) is 9.84. The summed E-state index contributed by atoms with van der Waals surface area (Å²) in [6.07, 6.45) is 2.22. The molecule has 1 N–H and O–H groups in total. The number of anilines is 1. The third-order valence-corrected chi connectivity index (χ3v) is 2.26. The molecule has 1 aromatic rings. The zero-order valence-electron chi connectivity index (χ0n) is 9.84. The number of halogens is 1. The molecule has 0 radical (unpaired) electrons. The minimum Gasteiger partial charge on any atom is -0.494 e. The Morgan fingerprint density at radius 2 is 2.11 bits per heavy atom. The zero-order chi connectivity index (χ0) is 13.8. The van der Waals surface area contributed by atoms with Crippen molar-refractivity contribution in [2.75, 3.05) is 12.5 Å². The summed E-state index contributed by atoms with van der Waals surface area (Å²) in [5, 5.41) is 3.67. The number of rotatable bonds is 3. The van der Waals surface area contributed by atoms with E-state index in [1.807, 2.05) is 0 Å². The first kappa shape index (κ1) is 12.7. The maximum atomic E-state index is 13.6. The molecule has 2 rings (SSSR count). The van der Waals surface area contributed by atoms with E-state index in [4.69, 9.17) is 4.74 Å². The van der Waals surface area contributed by atoms with Crippen LogP contribution in [0.25, 0.3) is 0 Å². The summed E-state index contributed by atoms with van der Waals surface area (Å²) in [5.74, 6) is -2.04. The lowest BCUT2D eigenvalue weighted by molar-refractivity contribution is -0.151. The van der Waals surface area contributed by atoms with Crippen LogP contribution in [-0.4, -0.2) is 24.8 Å². The molecule has 0 amide bonds. The molecule has 6 nitrogen and oxygen atoms in total. The van der Waals surface area contributed by atoms with Crippen LogP contribution in [0, 0.1) is 5.82 Å². The van der Waals surface area contributed by atoms with Crippen LogP contribution in [0.15, 0.2) is 35.5 Å². The van der Waals surface area contributed by atoms with Crippen LogP contribution in [0.1, 0.15) is 0 Å². The molecule has 0 atom stereocenters. The number of nitrogens with zero attached hydrogens (tertiary/aromatic N) is 1. The lowest BCUT2D eigenvalue weighted by Gasteiger charge is -2.10. The minimum absolute atomic E-state index is 0.0180. The molecule has 0 aromatic heterocycles. The van der Waals surface area contributed by atoms with E-state index in [1.165, 1.54) is 31.4 Å². The van der Waals surface area contributed by atoms with Crippen molar-refractivity contribution in [3.8, 4) is 5.75 Å². The molecule has 98 valence electrons. The molecule has 1 aliphatic rings. The van der Waals surface area contributed by atoms with E-state index < -0.39 is 17.8 Å². The number of para-hydroxylation sites is 1. The summed E-state index contributed by atoms with van der Waals surface area (Å²) < 4.78 is 22.8. The van der Waals surface area contributed by atoms with Gasteiger partial charge < -0.3 is 9.47 Å². The van der Waals surface area contributed by atoms with Gasteiger partial charge in [-0.15, -0.1) is 0 Å². The van der Waals surface area contributed by atoms with Gasteiger partial charge in [0.2, 0.25) is 0 Å². The maximum Gasteiger partial charge on any atom is 0.366 e. The van der Waals surface area contributed by atoms with Gasteiger partial charge in [0.15, 0.2) is 11.5 Å². The van der Waals surface area contributed by atoms with Gasteiger partial charge in [0.25, 0.3) is 0 Å². The van der Waals surface area contributed by atoms with Crippen molar-refractivity contribution in [3.63, 3.8) is 0 Å². The fraction of sp³-hybridized carbons (Fsp3) is 0.0833. The van der Waals surface area contributed by atoms with Gasteiger partial charge in [0.1, 0.15) is 11.4 Å². The van der Waals surface area contributed by atoms with E-state index in [9.17, 15) is 14.0 Å². The van der Waals surface area contributed by atoms with Gasteiger partial charge in [-0.05, 0) is 18.2 Å². The third kappa shape index (κ3) is 2.76. The van der Waals surface area contributed by atoms with Crippen LogP contribution in [0.2, 0.25) is 0 Å². The van der Waals surface area contributed by atoms with Crippen molar-refractivity contribution in [3.05, 3.63) is 36.2 Å². The molecule has 19 heavy (non-hydrogen) atoms. The molecule has 0 aliphatic carbocycles. The molecule has 0 saturated carbocycles. The summed E-state index contributed by atoms with van der Waals surface area (Å²) in [4.78, 5) is 22.0. The fourth-order valence-electron chi connectivity index (χ4n) is 1.37. The summed E-state index contributed by atoms with van der Waals surface area (Å²) >= 11 is 0. The van der Waals surface area contributed by atoms with Crippen LogP contribution >= 0.6 is 0 Å². The van der Waals surface area contributed by atoms with E-state index >= 15 is 0 Å². The first-order valence-corrected chi connectivity index (χ1v) is 5.22. The number of carbonyl (C=O) groups is 2. The smallest absolute Gasteiger partial charge is 0.366 e. The van der Waals surface area contributed by atoms with Crippen molar-refractivity contribution < 1.29 is 23.5 Å². The van der Waals surface area contributed by atoms with Crippen LogP contribution in [0.3, 0.4) is 0 Å². The van der Waals surface area contributed by atoms with E-state index in [-0.39, 0.29) is 17.1 Å². The Hall–Kier alpha value is -2.70. The average molecular weight is 264 g/mol. The highest BCUT2D eigenvalue weighted by Gasteiger charge is 2.19. The predicted octanol–water partition coefficient (Wildman–Crippen LogP) is 1.24. The van der Waals surface area contributed by atoms with Gasteiger partial charge in [-0.3, -0.25) is 5.43 Å². The van der Waals surface area contributed by atoms with Gasteiger partial charge in [0.05, 0.1) is 7.11 Å².